The van der Waals surface area contributed by atoms with E-state index in [-0.39, 0.29) is 44.4 Å². The normalized spacial score (nSPS) is 13.1. The van der Waals surface area contributed by atoms with Crippen molar-refractivity contribution in [3.63, 3.8) is 0 Å². The second kappa shape index (κ2) is 45.8. The van der Waals surface area contributed by atoms with E-state index in [1.807, 2.05) is 6.08 Å². The highest BCUT2D eigenvalue weighted by Crippen LogP contribution is 2.11. The van der Waals surface area contributed by atoms with Gasteiger partial charge in [-0.25, -0.2) is 0 Å². The van der Waals surface area contributed by atoms with Gasteiger partial charge in [-0.05, 0) is 96.3 Å². The maximum absolute atomic E-state index is 12.7. The van der Waals surface area contributed by atoms with E-state index < -0.39 is 12.1 Å². The van der Waals surface area contributed by atoms with Crippen LogP contribution in [0.25, 0.3) is 0 Å². The van der Waals surface area contributed by atoms with Gasteiger partial charge in [0.2, 0.25) is 0 Å². The summed E-state index contributed by atoms with van der Waals surface area (Å²) < 4.78 is 16.5. The van der Waals surface area contributed by atoms with Gasteiger partial charge in [0.25, 0.3) is 0 Å². The molecule has 0 bridgehead atoms. The summed E-state index contributed by atoms with van der Waals surface area (Å²) in [7, 11) is 0. The molecule has 0 aliphatic heterocycles. The van der Waals surface area contributed by atoms with Crippen LogP contribution >= 0.6 is 0 Å². The van der Waals surface area contributed by atoms with E-state index in [1.54, 1.807) is 6.08 Å². The summed E-state index contributed by atoms with van der Waals surface area (Å²) in [4.78, 5) is 37.6. The van der Waals surface area contributed by atoms with Crippen LogP contribution in [0.15, 0.2) is 109 Å². The molecule has 0 amide bonds. The molecule has 0 fully saturated rings. The van der Waals surface area contributed by atoms with E-state index in [2.05, 4.69) is 118 Å². The molecule has 0 aromatic carbocycles. The molecule has 0 spiro atoms. The second-order valence-corrected chi connectivity index (χ2v) is 14.6. The molecule has 0 rings (SSSR count). The predicted octanol–water partition coefficient (Wildman–Crippen LogP) is 14.8. The number of esters is 3. The van der Waals surface area contributed by atoms with Gasteiger partial charge in [-0.15, -0.1) is 0 Å². The van der Waals surface area contributed by atoms with E-state index in [4.69, 9.17) is 14.2 Å². The van der Waals surface area contributed by atoms with Gasteiger partial charge in [0.1, 0.15) is 13.2 Å². The quantitative estimate of drug-likeness (QED) is 0.0267. The van der Waals surface area contributed by atoms with Gasteiger partial charge in [-0.2, -0.15) is 0 Å². The summed E-state index contributed by atoms with van der Waals surface area (Å²) in [6.45, 7) is 6.21. The molecule has 0 radical (unpaired) electrons. The van der Waals surface area contributed by atoms with E-state index in [0.29, 0.717) is 6.42 Å². The lowest BCUT2D eigenvalue weighted by Crippen LogP contribution is -2.30. The minimum absolute atomic E-state index is 0.118. The Morgan fingerprint density at radius 1 is 0.379 bits per heavy atom. The first-order valence-corrected chi connectivity index (χ1v) is 22.9. The van der Waals surface area contributed by atoms with Gasteiger partial charge in [0.05, 0.1) is 6.42 Å². The Morgan fingerprint density at radius 3 is 1.28 bits per heavy atom. The number of hydrogen-bond acceptors (Lipinski definition) is 6. The zero-order valence-corrected chi connectivity index (χ0v) is 37.0. The summed E-state index contributed by atoms with van der Waals surface area (Å²) in [5.41, 5.74) is 0. The topological polar surface area (TPSA) is 78.9 Å². The van der Waals surface area contributed by atoms with E-state index in [9.17, 15) is 14.4 Å². The second-order valence-electron chi connectivity index (χ2n) is 14.6. The molecule has 6 nitrogen and oxygen atoms in total. The van der Waals surface area contributed by atoms with Crippen molar-refractivity contribution in [1.82, 2.24) is 0 Å². The number of allylic oxidation sites excluding steroid dienone is 17. The molecule has 326 valence electrons. The van der Waals surface area contributed by atoms with Crippen LogP contribution in [0.1, 0.15) is 181 Å². The van der Waals surface area contributed by atoms with Crippen molar-refractivity contribution in [3.8, 4) is 0 Å². The highest BCUT2D eigenvalue weighted by molar-refractivity contribution is 5.72. The average molecular weight is 803 g/mol. The van der Waals surface area contributed by atoms with Gasteiger partial charge < -0.3 is 14.2 Å². The number of carbonyl (C=O) groups is 3. The van der Waals surface area contributed by atoms with Crippen molar-refractivity contribution in [2.24, 2.45) is 0 Å². The van der Waals surface area contributed by atoms with E-state index >= 15 is 0 Å². The Labute approximate surface area is 355 Å². The van der Waals surface area contributed by atoms with Crippen molar-refractivity contribution in [1.29, 1.82) is 0 Å². The first-order chi connectivity index (χ1) is 28.5. The summed E-state index contributed by atoms with van der Waals surface area (Å²) in [6.07, 6.45) is 61.1. The predicted molar refractivity (Wildman–Crippen MR) is 247 cm³/mol. The lowest BCUT2D eigenvalue weighted by atomic mass is 10.1. The molecule has 58 heavy (non-hydrogen) atoms. The summed E-state index contributed by atoms with van der Waals surface area (Å²) in [5, 5.41) is 0. The van der Waals surface area contributed by atoms with Crippen LogP contribution in [0.2, 0.25) is 0 Å². The molecule has 1 unspecified atom stereocenters. The van der Waals surface area contributed by atoms with Gasteiger partial charge >= 0.3 is 17.9 Å². The molecule has 0 aromatic heterocycles. The summed E-state index contributed by atoms with van der Waals surface area (Å²) in [6, 6.07) is 0. The molecule has 6 heteroatoms. The molecule has 0 saturated heterocycles. The third-order valence-electron chi connectivity index (χ3n) is 9.03. The highest BCUT2D eigenvalue weighted by Gasteiger charge is 2.19. The Balaban J connectivity index is 4.55. The molecule has 0 aromatic rings. The molecule has 0 N–H and O–H groups in total. The fourth-order valence-electron chi connectivity index (χ4n) is 5.65. The van der Waals surface area contributed by atoms with Crippen molar-refractivity contribution in [2.75, 3.05) is 13.2 Å². The first-order valence-electron chi connectivity index (χ1n) is 22.9. The van der Waals surface area contributed by atoms with E-state index in [1.165, 1.54) is 44.9 Å². The minimum atomic E-state index is -0.843. The monoisotopic (exact) mass is 803 g/mol. The van der Waals surface area contributed by atoms with Crippen LogP contribution in [0.4, 0.5) is 0 Å². The molecule has 1 atom stereocenters. The smallest absolute Gasteiger partial charge is 0.309 e. The third kappa shape index (κ3) is 43.2. The van der Waals surface area contributed by atoms with Crippen LogP contribution in [-0.2, 0) is 28.6 Å². The zero-order valence-electron chi connectivity index (χ0n) is 37.0. The standard InChI is InChI=1S/C52H82O6/c1-4-7-10-13-16-19-21-23-25-26-27-29-30-33-36-39-42-45-51(54)57-48-49(47-56-50(53)44-41-38-35-32-18-15-12-9-6-3)58-52(55)46-43-40-37-34-31-28-24-22-20-17-14-11-8-5-2/h7,9-10,12,16,18-19,23,25,27-29,31-33,36,38,41,49H,4-6,8,11,13-15,17,20-22,24,26,30,34-35,37,39-40,42-48H2,1-3H3/b10-7-,12-9-,19-16-,25-23-,29-27-,31-28-,32-18-,36-33-,41-38-. The van der Waals surface area contributed by atoms with E-state index in [0.717, 1.165) is 89.9 Å². The molecular formula is C52H82O6. The van der Waals surface area contributed by atoms with Crippen molar-refractivity contribution in [3.05, 3.63) is 109 Å². The lowest BCUT2D eigenvalue weighted by Gasteiger charge is -2.18. The van der Waals surface area contributed by atoms with Crippen LogP contribution in [0.3, 0.4) is 0 Å². The molecule has 0 heterocycles. The Bertz CT molecular complexity index is 1240. The Kier molecular flexibility index (Phi) is 42.7. The maximum Gasteiger partial charge on any atom is 0.309 e. The van der Waals surface area contributed by atoms with Crippen molar-refractivity contribution in [2.45, 2.75) is 187 Å². The van der Waals surface area contributed by atoms with Crippen LogP contribution < -0.4 is 0 Å². The minimum Gasteiger partial charge on any atom is -0.462 e. The van der Waals surface area contributed by atoms with Crippen molar-refractivity contribution >= 4 is 17.9 Å². The first kappa shape index (κ1) is 54.1. The van der Waals surface area contributed by atoms with Crippen LogP contribution in [0, 0.1) is 0 Å². The number of hydrogen-bond donors (Lipinski definition) is 0. The molecule has 0 aliphatic rings. The molecule has 0 saturated carbocycles. The molecular weight excluding hydrogens is 721 g/mol. The Morgan fingerprint density at radius 2 is 0.759 bits per heavy atom. The average Bonchev–Trinajstić information content (AvgIpc) is 3.22. The molecule has 0 aliphatic carbocycles. The van der Waals surface area contributed by atoms with Gasteiger partial charge in [-0.1, -0.05) is 175 Å². The Hall–Kier alpha value is -3.93. The van der Waals surface area contributed by atoms with Crippen LogP contribution in [0.5, 0.6) is 0 Å². The van der Waals surface area contributed by atoms with Gasteiger partial charge in [0, 0.05) is 12.8 Å². The number of ether oxygens (including phenoxy) is 3. The van der Waals surface area contributed by atoms with Crippen molar-refractivity contribution < 1.29 is 28.6 Å². The zero-order chi connectivity index (χ0) is 42.3. The number of unbranched alkanes of at least 4 members (excludes halogenated alkanes) is 11. The maximum atomic E-state index is 12.7. The lowest BCUT2D eigenvalue weighted by molar-refractivity contribution is -0.166. The van der Waals surface area contributed by atoms with Gasteiger partial charge in [0.15, 0.2) is 6.10 Å². The number of carbonyl (C=O) groups excluding carboxylic acids is 3. The highest BCUT2D eigenvalue weighted by atomic mass is 16.6. The number of rotatable bonds is 39. The van der Waals surface area contributed by atoms with Gasteiger partial charge in [-0.3, -0.25) is 14.4 Å². The largest absolute Gasteiger partial charge is 0.462 e. The SMILES string of the molecule is CC/C=C\C/C=C\C/C=C\C/C=C\C/C=C\CCCC(=O)OCC(COC(=O)C/C=C\C/C=C\C/C=C\CC)OC(=O)CCCCC/C=C\CCCCCCCCC. The fraction of sp³-hybridized carbons (Fsp3) is 0.596. The third-order valence-corrected chi connectivity index (χ3v) is 9.03. The van der Waals surface area contributed by atoms with Crippen LogP contribution in [-0.4, -0.2) is 37.2 Å². The fourth-order valence-corrected chi connectivity index (χ4v) is 5.65. The summed E-state index contributed by atoms with van der Waals surface area (Å²) >= 11 is 0. The summed E-state index contributed by atoms with van der Waals surface area (Å²) in [5.74, 6) is -1.15.